The second-order valence-electron chi connectivity index (χ2n) is 2.61. The first-order valence-corrected chi connectivity index (χ1v) is 4.70. The van der Waals surface area contributed by atoms with E-state index in [-0.39, 0.29) is 11.8 Å². The van der Waals surface area contributed by atoms with Crippen LogP contribution in [0.3, 0.4) is 0 Å². The number of rotatable bonds is 5. The van der Waals surface area contributed by atoms with E-state index >= 15 is 0 Å². The minimum absolute atomic E-state index is 0.0648. The molecule has 0 saturated carbocycles. The molecule has 5 heteroatoms. The van der Waals surface area contributed by atoms with Crippen molar-refractivity contribution >= 4 is 23.4 Å². The molecular weight excluding hydrogens is 192 g/mol. The predicted octanol–water partition coefficient (Wildman–Crippen LogP) is 0.256. The Labute approximate surface area is 83.0 Å². The van der Waals surface area contributed by atoms with Gasteiger partial charge in [-0.3, -0.25) is 9.59 Å². The fourth-order valence-corrected chi connectivity index (χ4v) is 0.803. The van der Waals surface area contributed by atoms with Crippen molar-refractivity contribution in [2.75, 3.05) is 13.1 Å². The number of amides is 2. The Morgan fingerprint density at radius 2 is 2.00 bits per heavy atom. The van der Waals surface area contributed by atoms with Gasteiger partial charge < -0.3 is 10.6 Å². The van der Waals surface area contributed by atoms with Crippen molar-refractivity contribution in [3.8, 4) is 0 Å². The maximum Gasteiger partial charge on any atom is 0.237 e. The van der Waals surface area contributed by atoms with Crippen LogP contribution in [0.2, 0.25) is 0 Å². The van der Waals surface area contributed by atoms with Gasteiger partial charge in [0, 0.05) is 19.5 Å². The summed E-state index contributed by atoms with van der Waals surface area (Å²) < 4.78 is 0. The quantitative estimate of drug-likeness (QED) is 0.634. The molecule has 0 aliphatic rings. The van der Waals surface area contributed by atoms with Gasteiger partial charge in [0.25, 0.3) is 0 Å². The number of alkyl halides is 1. The highest BCUT2D eigenvalue weighted by Gasteiger charge is 2.08. The molecule has 0 fully saturated rings. The van der Waals surface area contributed by atoms with Crippen LogP contribution in [-0.2, 0) is 9.59 Å². The van der Waals surface area contributed by atoms with E-state index in [1.165, 1.54) is 0 Å². The molecule has 0 rings (SSSR count). The van der Waals surface area contributed by atoms with Crippen LogP contribution in [0.1, 0.15) is 20.3 Å². The molecule has 1 atom stereocenters. The van der Waals surface area contributed by atoms with Crippen molar-refractivity contribution < 1.29 is 9.59 Å². The first kappa shape index (κ1) is 12.2. The molecule has 0 aromatic heterocycles. The number of halogens is 1. The lowest BCUT2D eigenvalue weighted by atomic mass is 10.3. The molecule has 2 N–H and O–H groups in total. The maximum absolute atomic E-state index is 10.9. The van der Waals surface area contributed by atoms with Gasteiger partial charge in [-0.15, -0.1) is 11.6 Å². The summed E-state index contributed by atoms with van der Waals surface area (Å²) in [5.41, 5.74) is 0. The third-order valence-corrected chi connectivity index (χ3v) is 1.58. The molecule has 0 spiro atoms. The van der Waals surface area contributed by atoms with Crippen LogP contribution in [0.4, 0.5) is 0 Å². The van der Waals surface area contributed by atoms with E-state index in [4.69, 9.17) is 11.6 Å². The summed E-state index contributed by atoms with van der Waals surface area (Å²) in [7, 11) is 0. The van der Waals surface area contributed by atoms with E-state index in [2.05, 4.69) is 10.6 Å². The Morgan fingerprint density at radius 1 is 1.38 bits per heavy atom. The van der Waals surface area contributed by atoms with Crippen molar-refractivity contribution in [2.45, 2.75) is 25.6 Å². The molecule has 76 valence electrons. The summed E-state index contributed by atoms with van der Waals surface area (Å²) in [6.45, 7) is 4.38. The molecule has 0 radical (unpaired) electrons. The fraction of sp³-hybridized carbons (Fsp3) is 0.750. The van der Waals surface area contributed by atoms with Crippen molar-refractivity contribution in [2.24, 2.45) is 0 Å². The predicted molar refractivity (Wildman–Crippen MR) is 51.6 cm³/mol. The van der Waals surface area contributed by atoms with E-state index in [0.29, 0.717) is 19.5 Å². The summed E-state index contributed by atoms with van der Waals surface area (Å²) in [4.78, 5) is 21.8. The summed E-state index contributed by atoms with van der Waals surface area (Å²) in [6, 6.07) is 0. The summed E-state index contributed by atoms with van der Waals surface area (Å²) in [6.07, 6.45) is 0.295. The van der Waals surface area contributed by atoms with Gasteiger partial charge in [-0.1, -0.05) is 0 Å². The van der Waals surface area contributed by atoms with E-state index in [9.17, 15) is 9.59 Å². The molecule has 0 aromatic rings. The second kappa shape index (κ2) is 6.71. The molecule has 0 heterocycles. The van der Waals surface area contributed by atoms with Crippen LogP contribution >= 0.6 is 11.6 Å². The number of carbonyl (C=O) groups excluding carboxylic acids is 2. The van der Waals surface area contributed by atoms with Crippen LogP contribution in [0.5, 0.6) is 0 Å². The van der Waals surface area contributed by atoms with Crippen LogP contribution in [0.25, 0.3) is 0 Å². The molecule has 0 aliphatic carbocycles. The monoisotopic (exact) mass is 206 g/mol. The molecule has 2 amide bonds. The topological polar surface area (TPSA) is 58.2 Å². The van der Waals surface area contributed by atoms with Crippen LogP contribution in [0, 0.1) is 0 Å². The SMILES string of the molecule is CCNC(=O)CCNC(=O)C(C)Cl. The van der Waals surface area contributed by atoms with Gasteiger partial charge in [0.1, 0.15) is 5.38 Å². The minimum atomic E-state index is -0.547. The van der Waals surface area contributed by atoms with E-state index < -0.39 is 5.38 Å². The average Bonchev–Trinajstić information content (AvgIpc) is 2.04. The third-order valence-electron chi connectivity index (χ3n) is 1.39. The zero-order valence-electron chi connectivity index (χ0n) is 7.89. The Hall–Kier alpha value is -0.770. The zero-order chi connectivity index (χ0) is 10.3. The summed E-state index contributed by atoms with van der Waals surface area (Å²) >= 11 is 5.49. The van der Waals surface area contributed by atoms with Gasteiger partial charge in [-0.2, -0.15) is 0 Å². The Morgan fingerprint density at radius 3 is 2.46 bits per heavy atom. The maximum atomic E-state index is 10.9. The first-order valence-electron chi connectivity index (χ1n) is 4.26. The lowest BCUT2D eigenvalue weighted by Gasteiger charge is -2.05. The van der Waals surface area contributed by atoms with E-state index in [0.717, 1.165) is 0 Å². The largest absolute Gasteiger partial charge is 0.356 e. The van der Waals surface area contributed by atoms with Gasteiger partial charge in [-0.05, 0) is 13.8 Å². The molecule has 0 aliphatic heterocycles. The van der Waals surface area contributed by atoms with Crippen LogP contribution < -0.4 is 10.6 Å². The molecule has 0 bridgehead atoms. The standard InChI is InChI=1S/C8H15ClN2O2/c1-3-10-7(12)4-5-11-8(13)6(2)9/h6H,3-5H2,1-2H3,(H,10,12)(H,11,13). The lowest BCUT2D eigenvalue weighted by molar-refractivity contribution is -0.122. The Kier molecular flexibility index (Phi) is 6.32. The summed E-state index contributed by atoms with van der Waals surface area (Å²) in [5.74, 6) is -0.309. The lowest BCUT2D eigenvalue weighted by Crippen LogP contribution is -2.33. The highest BCUT2D eigenvalue weighted by Crippen LogP contribution is 1.91. The molecule has 0 aromatic carbocycles. The van der Waals surface area contributed by atoms with Gasteiger partial charge in [0.05, 0.1) is 0 Å². The number of carbonyl (C=O) groups is 2. The first-order chi connectivity index (χ1) is 6.07. The van der Waals surface area contributed by atoms with Crippen molar-refractivity contribution in [1.29, 1.82) is 0 Å². The van der Waals surface area contributed by atoms with Crippen LogP contribution in [-0.4, -0.2) is 30.3 Å². The van der Waals surface area contributed by atoms with Crippen LogP contribution in [0.15, 0.2) is 0 Å². The third kappa shape index (κ3) is 6.40. The molecule has 4 nitrogen and oxygen atoms in total. The number of hydrogen-bond donors (Lipinski definition) is 2. The van der Waals surface area contributed by atoms with Crippen molar-refractivity contribution in [3.05, 3.63) is 0 Å². The van der Waals surface area contributed by atoms with E-state index in [1.807, 2.05) is 6.92 Å². The molecular formula is C8H15ClN2O2. The molecule has 13 heavy (non-hydrogen) atoms. The van der Waals surface area contributed by atoms with Gasteiger partial charge in [0.15, 0.2) is 0 Å². The number of nitrogens with one attached hydrogen (secondary N) is 2. The van der Waals surface area contributed by atoms with Gasteiger partial charge in [0.2, 0.25) is 11.8 Å². The van der Waals surface area contributed by atoms with Gasteiger partial charge in [-0.25, -0.2) is 0 Å². The van der Waals surface area contributed by atoms with Gasteiger partial charge >= 0.3 is 0 Å². The number of hydrogen-bond acceptors (Lipinski definition) is 2. The Balaban J connectivity index is 3.45. The van der Waals surface area contributed by atoms with E-state index in [1.54, 1.807) is 6.92 Å². The highest BCUT2D eigenvalue weighted by molar-refractivity contribution is 6.30. The van der Waals surface area contributed by atoms with Crippen molar-refractivity contribution in [1.82, 2.24) is 10.6 Å². The fourth-order valence-electron chi connectivity index (χ4n) is 0.725. The van der Waals surface area contributed by atoms with Crippen molar-refractivity contribution in [3.63, 3.8) is 0 Å². The average molecular weight is 207 g/mol. The molecule has 0 saturated heterocycles. The highest BCUT2D eigenvalue weighted by atomic mass is 35.5. The minimum Gasteiger partial charge on any atom is -0.356 e. The smallest absolute Gasteiger partial charge is 0.237 e. The Bertz CT molecular complexity index is 183. The normalized spacial score (nSPS) is 11.9. The summed E-state index contributed by atoms with van der Waals surface area (Å²) in [5, 5.41) is 4.62. The zero-order valence-corrected chi connectivity index (χ0v) is 8.65. The molecule has 1 unspecified atom stereocenters. The second-order valence-corrected chi connectivity index (χ2v) is 3.27.